The second-order valence-corrected chi connectivity index (χ2v) is 9.32. The summed E-state index contributed by atoms with van der Waals surface area (Å²) < 4.78 is 16.3. The van der Waals surface area contributed by atoms with Crippen LogP contribution in [0, 0.1) is 11.8 Å². The van der Waals surface area contributed by atoms with Gasteiger partial charge in [-0.3, -0.25) is 9.59 Å². The number of furan rings is 1. The van der Waals surface area contributed by atoms with E-state index in [4.69, 9.17) is 13.9 Å². The van der Waals surface area contributed by atoms with E-state index in [1.807, 2.05) is 45.9 Å². The molecule has 0 saturated carbocycles. The molecule has 34 heavy (non-hydrogen) atoms. The van der Waals surface area contributed by atoms with Gasteiger partial charge in [0.1, 0.15) is 18.2 Å². The lowest BCUT2D eigenvalue weighted by atomic mass is 10.0. The number of carbonyl (C=O) groups is 3. The molecular weight excluding hydrogens is 438 g/mol. The third kappa shape index (κ3) is 6.96. The van der Waals surface area contributed by atoms with Crippen LogP contribution >= 0.6 is 0 Å². The van der Waals surface area contributed by atoms with Crippen molar-refractivity contribution in [3.63, 3.8) is 0 Å². The highest BCUT2D eigenvalue weighted by Gasteiger charge is 2.28. The smallest absolute Gasteiger partial charge is 0.407 e. The first kappa shape index (κ1) is 25.6. The lowest BCUT2D eigenvalue weighted by Gasteiger charge is -2.27. The number of amides is 3. The van der Waals surface area contributed by atoms with Crippen LogP contribution in [0.25, 0.3) is 11.0 Å². The van der Waals surface area contributed by atoms with E-state index in [0.717, 1.165) is 18.2 Å². The Morgan fingerprint density at radius 2 is 1.85 bits per heavy atom. The number of benzene rings is 1. The highest BCUT2D eigenvalue weighted by Crippen LogP contribution is 2.18. The summed E-state index contributed by atoms with van der Waals surface area (Å²) in [5.74, 6) is -0.591. The van der Waals surface area contributed by atoms with E-state index in [1.54, 1.807) is 12.1 Å². The zero-order chi connectivity index (χ0) is 24.7. The van der Waals surface area contributed by atoms with Crippen molar-refractivity contribution >= 4 is 28.9 Å². The van der Waals surface area contributed by atoms with Gasteiger partial charge in [0, 0.05) is 24.6 Å². The Kier molecular flexibility index (Phi) is 8.92. The molecule has 1 fully saturated rings. The van der Waals surface area contributed by atoms with Gasteiger partial charge in [-0.15, -0.1) is 0 Å². The molecule has 1 aliphatic rings. The van der Waals surface area contributed by atoms with Crippen molar-refractivity contribution in [2.24, 2.45) is 11.8 Å². The summed E-state index contributed by atoms with van der Waals surface area (Å²) >= 11 is 0. The number of nitrogens with one attached hydrogen (secondary N) is 3. The number of ether oxygens (including phenoxy) is 2. The average molecular weight is 474 g/mol. The molecule has 3 amide bonds. The summed E-state index contributed by atoms with van der Waals surface area (Å²) in [4.78, 5) is 37.8. The van der Waals surface area contributed by atoms with Crippen LogP contribution in [0.4, 0.5) is 4.79 Å². The fraction of sp³-hybridized carbons (Fsp3) is 0.560. The molecule has 9 nitrogen and oxygen atoms in total. The molecule has 3 N–H and O–H groups in total. The van der Waals surface area contributed by atoms with Gasteiger partial charge in [0.15, 0.2) is 5.76 Å². The van der Waals surface area contributed by atoms with Gasteiger partial charge < -0.3 is 29.8 Å². The fourth-order valence-electron chi connectivity index (χ4n) is 3.76. The van der Waals surface area contributed by atoms with E-state index >= 15 is 0 Å². The zero-order valence-electron chi connectivity index (χ0n) is 20.3. The first-order valence-corrected chi connectivity index (χ1v) is 11.9. The Bertz CT molecular complexity index is 947. The normalized spacial score (nSPS) is 17.5. The Hall–Kier alpha value is -3.07. The summed E-state index contributed by atoms with van der Waals surface area (Å²) in [6.45, 7) is 8.65. The van der Waals surface area contributed by atoms with Gasteiger partial charge in [0.05, 0.1) is 6.10 Å². The van der Waals surface area contributed by atoms with E-state index in [0.29, 0.717) is 12.2 Å². The van der Waals surface area contributed by atoms with Crippen LogP contribution in [-0.2, 0) is 14.3 Å². The second-order valence-electron chi connectivity index (χ2n) is 9.32. The molecule has 0 aliphatic carbocycles. The predicted molar refractivity (Wildman–Crippen MR) is 127 cm³/mol. The summed E-state index contributed by atoms with van der Waals surface area (Å²) in [6, 6.07) is 7.97. The molecule has 0 bridgehead atoms. The number of alkyl carbamates (subject to hydrolysis) is 1. The standard InChI is InChI=1S/C25H35N3O6/c1-15(2)19(13-26-23(29)21-12-17-8-5-6-10-20(17)34-21)27-24(30)22(16(3)4)28-25(31)33-14-18-9-7-11-32-18/h5-6,8,10,12,15-16,18-19,22H,7,9,11,13-14H2,1-4H3,(H,26,29)(H,27,30)(H,28,31)/t18?,19-,22?/m1/s1. The monoisotopic (exact) mass is 473 g/mol. The van der Waals surface area contributed by atoms with Gasteiger partial charge in [0.2, 0.25) is 5.91 Å². The lowest BCUT2D eigenvalue weighted by molar-refractivity contribution is -0.125. The minimum Gasteiger partial charge on any atom is -0.451 e. The van der Waals surface area contributed by atoms with Gasteiger partial charge in [-0.2, -0.15) is 0 Å². The van der Waals surface area contributed by atoms with Crippen molar-refractivity contribution in [3.8, 4) is 0 Å². The molecule has 0 radical (unpaired) electrons. The van der Waals surface area contributed by atoms with Crippen LogP contribution in [0.15, 0.2) is 34.7 Å². The van der Waals surface area contributed by atoms with Gasteiger partial charge in [-0.05, 0) is 36.8 Å². The van der Waals surface area contributed by atoms with Crippen molar-refractivity contribution in [3.05, 3.63) is 36.1 Å². The van der Waals surface area contributed by atoms with E-state index < -0.39 is 12.1 Å². The fourth-order valence-corrected chi connectivity index (χ4v) is 3.76. The highest BCUT2D eigenvalue weighted by molar-refractivity contribution is 5.96. The summed E-state index contributed by atoms with van der Waals surface area (Å²) in [5.41, 5.74) is 0.638. The maximum atomic E-state index is 13.0. The number of hydrogen-bond acceptors (Lipinski definition) is 6. The van der Waals surface area contributed by atoms with Crippen LogP contribution in [0.3, 0.4) is 0 Å². The van der Waals surface area contributed by atoms with Gasteiger partial charge in [-0.1, -0.05) is 45.9 Å². The third-order valence-corrected chi connectivity index (χ3v) is 5.91. The molecule has 2 heterocycles. The lowest BCUT2D eigenvalue weighted by Crippen LogP contribution is -2.55. The van der Waals surface area contributed by atoms with Gasteiger partial charge >= 0.3 is 6.09 Å². The molecule has 9 heteroatoms. The maximum Gasteiger partial charge on any atom is 0.407 e. The van der Waals surface area contributed by atoms with Crippen LogP contribution < -0.4 is 16.0 Å². The van der Waals surface area contributed by atoms with Crippen LogP contribution in [0.5, 0.6) is 0 Å². The Morgan fingerprint density at radius 3 is 2.50 bits per heavy atom. The maximum absolute atomic E-state index is 13.0. The summed E-state index contributed by atoms with van der Waals surface area (Å²) in [5, 5.41) is 9.29. The Morgan fingerprint density at radius 1 is 1.09 bits per heavy atom. The van der Waals surface area contributed by atoms with E-state index in [-0.39, 0.29) is 54.7 Å². The molecule has 1 saturated heterocycles. The van der Waals surface area contributed by atoms with E-state index in [9.17, 15) is 14.4 Å². The summed E-state index contributed by atoms with van der Waals surface area (Å²) in [7, 11) is 0. The molecule has 2 aromatic rings. The number of carbonyl (C=O) groups excluding carboxylic acids is 3. The van der Waals surface area contributed by atoms with Crippen LogP contribution in [0.1, 0.15) is 51.1 Å². The number of hydrogen-bond donors (Lipinski definition) is 3. The van der Waals surface area contributed by atoms with Crippen molar-refractivity contribution in [2.75, 3.05) is 19.8 Å². The van der Waals surface area contributed by atoms with Crippen LogP contribution in [-0.4, -0.2) is 55.9 Å². The topological polar surface area (TPSA) is 119 Å². The molecular formula is C25H35N3O6. The molecule has 1 aliphatic heterocycles. The number of fused-ring (bicyclic) bond motifs is 1. The van der Waals surface area contributed by atoms with E-state index in [2.05, 4.69) is 16.0 Å². The average Bonchev–Trinajstić information content (AvgIpc) is 3.47. The van der Waals surface area contributed by atoms with Crippen molar-refractivity contribution in [1.29, 1.82) is 0 Å². The van der Waals surface area contributed by atoms with Gasteiger partial charge in [0.25, 0.3) is 5.91 Å². The Balaban J connectivity index is 1.53. The zero-order valence-corrected chi connectivity index (χ0v) is 20.3. The minimum atomic E-state index is -0.774. The number of para-hydroxylation sites is 1. The highest BCUT2D eigenvalue weighted by atomic mass is 16.6. The third-order valence-electron chi connectivity index (χ3n) is 5.91. The van der Waals surface area contributed by atoms with Crippen LogP contribution in [0.2, 0.25) is 0 Å². The van der Waals surface area contributed by atoms with E-state index in [1.165, 1.54) is 0 Å². The molecule has 186 valence electrons. The molecule has 3 rings (SSSR count). The predicted octanol–water partition coefficient (Wildman–Crippen LogP) is 3.23. The SMILES string of the molecule is CC(C)C(NC(=O)OCC1CCCO1)C(=O)N[C@H](CNC(=O)c1cc2ccccc2o1)C(C)C. The molecule has 0 spiro atoms. The molecule has 2 unspecified atom stereocenters. The largest absolute Gasteiger partial charge is 0.451 e. The quantitative estimate of drug-likeness (QED) is 0.487. The van der Waals surface area contributed by atoms with Crippen molar-refractivity contribution < 1.29 is 28.3 Å². The van der Waals surface area contributed by atoms with Crippen molar-refractivity contribution in [2.45, 2.75) is 58.7 Å². The first-order valence-electron chi connectivity index (χ1n) is 11.9. The van der Waals surface area contributed by atoms with Crippen molar-refractivity contribution in [1.82, 2.24) is 16.0 Å². The molecule has 3 atom stereocenters. The first-order chi connectivity index (χ1) is 16.2. The second kappa shape index (κ2) is 11.9. The number of rotatable bonds is 10. The molecule has 1 aromatic heterocycles. The summed E-state index contributed by atoms with van der Waals surface area (Å²) in [6.07, 6.45) is 1.08. The van der Waals surface area contributed by atoms with Gasteiger partial charge in [-0.25, -0.2) is 4.79 Å². The minimum absolute atomic E-state index is 0.0409. The molecule has 1 aromatic carbocycles. The Labute approximate surface area is 199 Å².